The number of benzene rings is 3. The van der Waals surface area contributed by atoms with E-state index < -0.39 is 21.7 Å². The van der Waals surface area contributed by atoms with E-state index in [1.807, 2.05) is 13.0 Å². The first-order valence-electron chi connectivity index (χ1n) is 8.31. The number of sulfonamides is 1. The molecule has 0 aromatic heterocycles. The maximum Gasteiger partial charge on any atom is 0.263 e. The van der Waals surface area contributed by atoms with Crippen LogP contribution in [0.1, 0.15) is 15.9 Å². The van der Waals surface area contributed by atoms with E-state index in [9.17, 15) is 17.6 Å². The van der Waals surface area contributed by atoms with Crippen molar-refractivity contribution in [2.24, 2.45) is 0 Å². The lowest BCUT2D eigenvalue weighted by molar-refractivity contribution is 0.102. The monoisotopic (exact) mass is 496 g/mol. The predicted octanol–water partition coefficient (Wildman–Crippen LogP) is 5.60. The third-order valence-electron chi connectivity index (χ3n) is 3.93. The van der Waals surface area contributed by atoms with Gasteiger partial charge in [0.2, 0.25) is 0 Å². The molecule has 0 bridgehead atoms. The second-order valence-corrected chi connectivity index (χ2v) is 9.17. The molecule has 0 atom stereocenters. The summed E-state index contributed by atoms with van der Waals surface area (Å²) in [7, 11) is -4.05. The molecule has 150 valence electrons. The highest BCUT2D eigenvalue weighted by molar-refractivity contribution is 9.10. The fourth-order valence-electron chi connectivity index (χ4n) is 2.55. The largest absolute Gasteiger partial charge is 0.319 e. The zero-order chi connectivity index (χ0) is 21.2. The van der Waals surface area contributed by atoms with Gasteiger partial charge in [0.05, 0.1) is 10.7 Å². The van der Waals surface area contributed by atoms with Crippen molar-refractivity contribution in [3.63, 3.8) is 0 Å². The molecule has 0 heterocycles. The van der Waals surface area contributed by atoms with Gasteiger partial charge in [0.25, 0.3) is 15.9 Å². The summed E-state index contributed by atoms with van der Waals surface area (Å²) in [6, 6.07) is 14.8. The van der Waals surface area contributed by atoms with Gasteiger partial charge < -0.3 is 5.32 Å². The van der Waals surface area contributed by atoms with Gasteiger partial charge in [-0.3, -0.25) is 9.52 Å². The van der Waals surface area contributed by atoms with Gasteiger partial charge in [-0.15, -0.1) is 0 Å². The summed E-state index contributed by atoms with van der Waals surface area (Å²) in [5.74, 6) is -1.30. The number of amides is 1. The standard InChI is InChI=1S/C20H15BrClFN2O3S/c1-12-3-2-4-15(9-12)25-29(27,28)19-10-13(5-7-16(19)22)20(26)24-18-8-6-14(21)11-17(18)23/h2-11,25H,1H3,(H,24,26). The maximum absolute atomic E-state index is 14.0. The van der Waals surface area contributed by atoms with E-state index in [1.54, 1.807) is 24.3 Å². The Morgan fingerprint density at radius 2 is 1.83 bits per heavy atom. The highest BCUT2D eigenvalue weighted by Crippen LogP contribution is 2.26. The van der Waals surface area contributed by atoms with E-state index >= 15 is 0 Å². The third-order valence-corrected chi connectivity index (χ3v) is 6.29. The average molecular weight is 498 g/mol. The van der Waals surface area contributed by atoms with Crippen LogP contribution in [-0.4, -0.2) is 14.3 Å². The number of halogens is 3. The number of hydrogen-bond donors (Lipinski definition) is 2. The molecule has 0 aliphatic rings. The number of carbonyl (C=O) groups is 1. The highest BCUT2D eigenvalue weighted by atomic mass is 79.9. The molecule has 2 N–H and O–H groups in total. The summed E-state index contributed by atoms with van der Waals surface area (Å²) in [6.45, 7) is 1.83. The van der Waals surface area contributed by atoms with Crippen molar-refractivity contribution in [3.05, 3.63) is 87.1 Å². The lowest BCUT2D eigenvalue weighted by atomic mass is 10.2. The zero-order valence-electron chi connectivity index (χ0n) is 15.0. The summed E-state index contributed by atoms with van der Waals surface area (Å²) < 4.78 is 42.5. The van der Waals surface area contributed by atoms with Gasteiger partial charge in [-0.25, -0.2) is 12.8 Å². The summed E-state index contributed by atoms with van der Waals surface area (Å²) in [4.78, 5) is 12.2. The molecule has 3 aromatic rings. The topological polar surface area (TPSA) is 75.3 Å². The second-order valence-electron chi connectivity index (χ2n) is 6.20. The Hall–Kier alpha value is -2.42. The summed E-state index contributed by atoms with van der Waals surface area (Å²) in [5.41, 5.74) is 1.23. The van der Waals surface area contributed by atoms with Gasteiger partial charge in [0, 0.05) is 15.7 Å². The average Bonchev–Trinajstić information content (AvgIpc) is 2.63. The Morgan fingerprint density at radius 1 is 1.07 bits per heavy atom. The van der Waals surface area contributed by atoms with Crippen LogP contribution in [0.2, 0.25) is 5.02 Å². The lowest BCUT2D eigenvalue weighted by Gasteiger charge is -2.12. The fraction of sp³-hybridized carbons (Fsp3) is 0.0500. The molecule has 5 nitrogen and oxygen atoms in total. The van der Waals surface area contributed by atoms with Crippen molar-refractivity contribution >= 4 is 54.8 Å². The van der Waals surface area contributed by atoms with Crippen LogP contribution in [0.3, 0.4) is 0 Å². The zero-order valence-corrected chi connectivity index (χ0v) is 18.2. The molecule has 0 saturated carbocycles. The number of aryl methyl sites for hydroxylation is 1. The summed E-state index contributed by atoms with van der Waals surface area (Å²) in [5, 5.41) is 2.37. The van der Waals surface area contributed by atoms with Crippen LogP contribution < -0.4 is 10.0 Å². The minimum atomic E-state index is -4.05. The number of carbonyl (C=O) groups excluding carboxylic acids is 1. The minimum absolute atomic E-state index is 0.0151. The van der Waals surface area contributed by atoms with E-state index in [2.05, 4.69) is 26.0 Å². The van der Waals surface area contributed by atoms with E-state index in [0.29, 0.717) is 10.2 Å². The van der Waals surface area contributed by atoms with Crippen LogP contribution in [-0.2, 0) is 10.0 Å². The lowest BCUT2D eigenvalue weighted by Crippen LogP contribution is -2.17. The molecule has 0 radical (unpaired) electrons. The molecule has 0 aliphatic carbocycles. The fourth-order valence-corrected chi connectivity index (χ4v) is 4.46. The van der Waals surface area contributed by atoms with Crippen LogP contribution in [0, 0.1) is 12.7 Å². The van der Waals surface area contributed by atoms with Crippen molar-refractivity contribution in [1.29, 1.82) is 0 Å². The molecule has 3 aromatic carbocycles. The molecular weight excluding hydrogens is 483 g/mol. The van der Waals surface area contributed by atoms with Crippen molar-refractivity contribution < 1.29 is 17.6 Å². The number of hydrogen-bond acceptors (Lipinski definition) is 3. The van der Waals surface area contributed by atoms with E-state index in [4.69, 9.17) is 11.6 Å². The van der Waals surface area contributed by atoms with Crippen LogP contribution in [0.4, 0.5) is 15.8 Å². The molecule has 1 amide bonds. The van der Waals surface area contributed by atoms with Gasteiger partial charge >= 0.3 is 0 Å². The first-order valence-corrected chi connectivity index (χ1v) is 11.0. The van der Waals surface area contributed by atoms with E-state index in [1.165, 1.54) is 24.3 Å². The van der Waals surface area contributed by atoms with Crippen LogP contribution >= 0.6 is 27.5 Å². The van der Waals surface area contributed by atoms with Crippen molar-refractivity contribution in [2.45, 2.75) is 11.8 Å². The quantitative estimate of drug-likeness (QED) is 0.481. The van der Waals surface area contributed by atoms with E-state index in [0.717, 1.165) is 11.6 Å². The van der Waals surface area contributed by atoms with Crippen LogP contribution in [0.15, 0.2) is 70.0 Å². The smallest absolute Gasteiger partial charge is 0.263 e. The molecular formula is C20H15BrClFN2O3S. The number of rotatable bonds is 5. The normalized spacial score (nSPS) is 11.2. The van der Waals surface area contributed by atoms with Gasteiger partial charge in [-0.1, -0.05) is 39.7 Å². The van der Waals surface area contributed by atoms with Crippen LogP contribution in [0.25, 0.3) is 0 Å². The van der Waals surface area contributed by atoms with Crippen LogP contribution in [0.5, 0.6) is 0 Å². The molecule has 0 unspecified atom stereocenters. The highest BCUT2D eigenvalue weighted by Gasteiger charge is 2.21. The van der Waals surface area contributed by atoms with Crippen molar-refractivity contribution in [1.82, 2.24) is 0 Å². The molecule has 0 aliphatic heterocycles. The molecule has 0 spiro atoms. The number of anilines is 2. The summed E-state index contributed by atoms with van der Waals surface area (Å²) >= 11 is 9.21. The first-order chi connectivity index (χ1) is 13.7. The predicted molar refractivity (Wildman–Crippen MR) is 115 cm³/mol. The van der Waals surface area contributed by atoms with Gasteiger partial charge in [-0.05, 0) is 61.0 Å². The Labute approximate surface area is 181 Å². The van der Waals surface area contributed by atoms with Gasteiger partial charge in [-0.2, -0.15) is 0 Å². The maximum atomic E-state index is 14.0. The molecule has 0 saturated heterocycles. The first kappa shape index (κ1) is 21.3. The Balaban J connectivity index is 1.89. The second kappa shape index (κ2) is 8.52. The number of nitrogens with one attached hydrogen (secondary N) is 2. The summed E-state index contributed by atoms with van der Waals surface area (Å²) in [6.07, 6.45) is 0. The minimum Gasteiger partial charge on any atom is -0.319 e. The molecule has 0 fully saturated rings. The molecule has 9 heteroatoms. The van der Waals surface area contributed by atoms with Crippen molar-refractivity contribution in [3.8, 4) is 0 Å². The van der Waals surface area contributed by atoms with Gasteiger partial charge in [0.1, 0.15) is 10.7 Å². The van der Waals surface area contributed by atoms with Crippen molar-refractivity contribution in [2.75, 3.05) is 10.0 Å². The van der Waals surface area contributed by atoms with E-state index in [-0.39, 0.29) is 21.2 Å². The Morgan fingerprint density at radius 3 is 2.52 bits per heavy atom. The SMILES string of the molecule is Cc1cccc(NS(=O)(=O)c2cc(C(=O)Nc3ccc(Br)cc3F)ccc2Cl)c1. The third kappa shape index (κ3) is 5.14. The molecule has 29 heavy (non-hydrogen) atoms. The molecule has 3 rings (SSSR count). The Bertz CT molecular complexity index is 1200. The Kier molecular flexibility index (Phi) is 6.26. The van der Waals surface area contributed by atoms with Gasteiger partial charge in [0.15, 0.2) is 0 Å².